The van der Waals surface area contributed by atoms with Crippen molar-refractivity contribution >= 4 is 11.7 Å². The standard InChI is InChI=1S/C13H24N6/c1-9-11(12(14)15)13(19(4)16-9)18(3)8-10-6-5-7-17(10)2/h10H,5-8H2,1-4H3,(H3,14,15). The lowest BCUT2D eigenvalue weighted by Crippen LogP contribution is -2.38. The van der Waals surface area contributed by atoms with Crippen molar-refractivity contribution in [1.29, 1.82) is 5.41 Å². The van der Waals surface area contributed by atoms with Gasteiger partial charge in [0.1, 0.15) is 11.7 Å². The molecule has 6 heteroatoms. The molecule has 106 valence electrons. The maximum Gasteiger partial charge on any atom is 0.137 e. The molecule has 1 aliphatic rings. The molecular weight excluding hydrogens is 240 g/mol. The summed E-state index contributed by atoms with van der Waals surface area (Å²) in [5.41, 5.74) is 7.27. The average molecular weight is 264 g/mol. The molecule has 1 aromatic heterocycles. The van der Waals surface area contributed by atoms with Crippen LogP contribution in [0.25, 0.3) is 0 Å². The average Bonchev–Trinajstić information content (AvgIpc) is 2.82. The smallest absolute Gasteiger partial charge is 0.137 e. The molecule has 0 aromatic carbocycles. The Bertz CT molecular complexity index is 478. The highest BCUT2D eigenvalue weighted by molar-refractivity contribution is 6.00. The van der Waals surface area contributed by atoms with Crippen molar-refractivity contribution in [3.8, 4) is 0 Å². The van der Waals surface area contributed by atoms with Crippen LogP contribution in [0.3, 0.4) is 0 Å². The summed E-state index contributed by atoms with van der Waals surface area (Å²) in [4.78, 5) is 4.57. The summed E-state index contributed by atoms with van der Waals surface area (Å²) < 4.78 is 1.82. The number of nitrogens with two attached hydrogens (primary N) is 1. The van der Waals surface area contributed by atoms with E-state index in [1.807, 2.05) is 18.7 Å². The summed E-state index contributed by atoms with van der Waals surface area (Å²) >= 11 is 0. The lowest BCUT2D eigenvalue weighted by molar-refractivity contribution is 0.313. The molecule has 1 aromatic rings. The molecule has 3 N–H and O–H groups in total. The van der Waals surface area contributed by atoms with Gasteiger partial charge in [0.15, 0.2) is 0 Å². The SMILES string of the molecule is Cc1nn(C)c(N(C)CC2CCCN2C)c1C(=N)N. The number of nitrogen functional groups attached to an aromatic ring is 1. The van der Waals surface area contributed by atoms with Crippen LogP contribution in [0, 0.1) is 12.3 Å². The van der Waals surface area contributed by atoms with E-state index in [1.54, 1.807) is 0 Å². The molecule has 19 heavy (non-hydrogen) atoms. The van der Waals surface area contributed by atoms with Gasteiger partial charge in [0.05, 0.1) is 11.3 Å². The van der Waals surface area contributed by atoms with Gasteiger partial charge in [-0.2, -0.15) is 5.10 Å². The van der Waals surface area contributed by atoms with Crippen LogP contribution in [-0.2, 0) is 7.05 Å². The Morgan fingerprint density at radius 3 is 2.74 bits per heavy atom. The van der Waals surface area contributed by atoms with Gasteiger partial charge in [0.2, 0.25) is 0 Å². The molecule has 1 unspecified atom stereocenters. The summed E-state index contributed by atoms with van der Waals surface area (Å²) in [6, 6.07) is 0.569. The van der Waals surface area contributed by atoms with Crippen LogP contribution in [-0.4, -0.2) is 53.7 Å². The third-order valence-corrected chi connectivity index (χ3v) is 3.98. The first-order valence-electron chi connectivity index (χ1n) is 6.71. The van der Waals surface area contributed by atoms with Gasteiger partial charge >= 0.3 is 0 Å². The van der Waals surface area contributed by atoms with Crippen LogP contribution in [0.1, 0.15) is 24.1 Å². The highest BCUT2D eigenvalue weighted by Crippen LogP contribution is 2.24. The zero-order chi connectivity index (χ0) is 14.2. The van der Waals surface area contributed by atoms with Gasteiger partial charge in [-0.1, -0.05) is 0 Å². The number of likely N-dealkylation sites (N-methyl/N-ethyl adjacent to an activating group) is 2. The Morgan fingerprint density at radius 2 is 2.21 bits per heavy atom. The first-order valence-corrected chi connectivity index (χ1v) is 6.71. The van der Waals surface area contributed by atoms with Crippen LogP contribution in [0.5, 0.6) is 0 Å². The Balaban J connectivity index is 2.23. The molecular formula is C13H24N6. The number of amidine groups is 1. The number of nitrogens with zero attached hydrogens (tertiary/aromatic N) is 4. The number of nitrogens with one attached hydrogen (secondary N) is 1. The molecule has 0 amide bonds. The molecule has 0 bridgehead atoms. The van der Waals surface area contributed by atoms with Gasteiger partial charge in [-0.25, -0.2) is 0 Å². The number of hydrogen-bond acceptors (Lipinski definition) is 4. The number of rotatable bonds is 4. The molecule has 0 aliphatic carbocycles. The molecule has 0 saturated carbocycles. The highest BCUT2D eigenvalue weighted by Gasteiger charge is 2.25. The van der Waals surface area contributed by atoms with E-state index in [2.05, 4.69) is 29.0 Å². The van der Waals surface area contributed by atoms with Crippen molar-refractivity contribution in [3.05, 3.63) is 11.3 Å². The Kier molecular flexibility index (Phi) is 3.80. The molecule has 0 spiro atoms. The number of aromatic nitrogens is 2. The molecule has 2 rings (SSSR count). The minimum Gasteiger partial charge on any atom is -0.384 e. The number of anilines is 1. The zero-order valence-corrected chi connectivity index (χ0v) is 12.3. The Morgan fingerprint density at radius 1 is 1.53 bits per heavy atom. The summed E-state index contributed by atoms with van der Waals surface area (Å²) in [6.07, 6.45) is 2.49. The van der Waals surface area contributed by atoms with Gasteiger partial charge in [-0.3, -0.25) is 10.1 Å². The third kappa shape index (κ3) is 2.58. The second-order valence-corrected chi connectivity index (χ2v) is 5.48. The first kappa shape index (κ1) is 13.9. The Hall–Kier alpha value is -1.56. The quantitative estimate of drug-likeness (QED) is 0.615. The number of hydrogen-bond donors (Lipinski definition) is 2. The van der Waals surface area contributed by atoms with Gasteiger partial charge < -0.3 is 15.5 Å². The lowest BCUT2D eigenvalue weighted by Gasteiger charge is -2.27. The third-order valence-electron chi connectivity index (χ3n) is 3.98. The number of aryl methyl sites for hydroxylation is 2. The molecule has 1 aliphatic heterocycles. The van der Waals surface area contributed by atoms with Crippen molar-refractivity contribution in [2.24, 2.45) is 12.8 Å². The predicted octanol–water partition coefficient (Wildman–Crippen LogP) is 0.543. The normalized spacial score (nSPS) is 19.9. The molecule has 6 nitrogen and oxygen atoms in total. The van der Waals surface area contributed by atoms with Gasteiger partial charge in [0, 0.05) is 26.7 Å². The zero-order valence-electron chi connectivity index (χ0n) is 12.3. The van der Waals surface area contributed by atoms with Crippen molar-refractivity contribution < 1.29 is 0 Å². The summed E-state index contributed by atoms with van der Waals surface area (Å²) in [7, 11) is 6.13. The van der Waals surface area contributed by atoms with Crippen LogP contribution in [0.15, 0.2) is 0 Å². The van der Waals surface area contributed by atoms with Gasteiger partial charge in [-0.15, -0.1) is 0 Å². The predicted molar refractivity (Wildman–Crippen MR) is 77.9 cm³/mol. The Labute approximate surface area is 114 Å². The van der Waals surface area contributed by atoms with E-state index in [1.165, 1.54) is 19.4 Å². The summed E-state index contributed by atoms with van der Waals surface area (Å²) in [5.74, 6) is 1.03. The first-order chi connectivity index (χ1) is 8.91. The van der Waals surface area contributed by atoms with E-state index in [4.69, 9.17) is 11.1 Å². The largest absolute Gasteiger partial charge is 0.384 e. The minimum absolute atomic E-state index is 0.0900. The van der Waals surface area contributed by atoms with Crippen molar-refractivity contribution in [2.75, 3.05) is 32.1 Å². The van der Waals surface area contributed by atoms with Gasteiger partial charge in [-0.05, 0) is 33.4 Å². The summed E-state index contributed by atoms with van der Waals surface area (Å²) in [5, 5.41) is 12.1. The van der Waals surface area contributed by atoms with E-state index in [0.29, 0.717) is 6.04 Å². The molecule has 2 heterocycles. The van der Waals surface area contributed by atoms with Crippen LogP contribution < -0.4 is 10.6 Å². The van der Waals surface area contributed by atoms with Crippen LogP contribution >= 0.6 is 0 Å². The second-order valence-electron chi connectivity index (χ2n) is 5.48. The van der Waals surface area contributed by atoms with Crippen LogP contribution in [0.4, 0.5) is 5.82 Å². The van der Waals surface area contributed by atoms with E-state index in [-0.39, 0.29) is 5.84 Å². The monoisotopic (exact) mass is 264 g/mol. The van der Waals surface area contributed by atoms with Crippen molar-refractivity contribution in [1.82, 2.24) is 14.7 Å². The second kappa shape index (κ2) is 5.21. The molecule has 0 radical (unpaired) electrons. The fraction of sp³-hybridized carbons (Fsp3) is 0.692. The fourth-order valence-electron chi connectivity index (χ4n) is 3.01. The minimum atomic E-state index is 0.0900. The molecule has 1 fully saturated rings. The maximum atomic E-state index is 7.74. The highest BCUT2D eigenvalue weighted by atomic mass is 15.4. The lowest BCUT2D eigenvalue weighted by atomic mass is 10.2. The fourth-order valence-corrected chi connectivity index (χ4v) is 3.01. The number of likely N-dealkylation sites (tertiary alicyclic amines) is 1. The molecule has 1 saturated heterocycles. The van der Waals surface area contributed by atoms with E-state index >= 15 is 0 Å². The van der Waals surface area contributed by atoms with E-state index < -0.39 is 0 Å². The topological polar surface area (TPSA) is 74.2 Å². The molecule has 1 atom stereocenters. The van der Waals surface area contributed by atoms with E-state index in [0.717, 1.165) is 23.6 Å². The van der Waals surface area contributed by atoms with Gasteiger partial charge in [0.25, 0.3) is 0 Å². The maximum absolute atomic E-state index is 7.74. The van der Waals surface area contributed by atoms with Crippen molar-refractivity contribution in [3.63, 3.8) is 0 Å². The van der Waals surface area contributed by atoms with E-state index in [9.17, 15) is 0 Å². The summed E-state index contributed by atoms with van der Waals surface area (Å²) in [6.45, 7) is 4.01. The van der Waals surface area contributed by atoms with Crippen molar-refractivity contribution in [2.45, 2.75) is 25.8 Å². The van der Waals surface area contributed by atoms with Crippen LogP contribution in [0.2, 0.25) is 0 Å².